The molecule has 3 N–H and O–H groups in total. The maximum absolute atomic E-state index is 10.5. The van der Waals surface area contributed by atoms with Gasteiger partial charge in [-0.1, -0.05) is 0 Å². The fourth-order valence-corrected chi connectivity index (χ4v) is 1.53. The summed E-state index contributed by atoms with van der Waals surface area (Å²) in [7, 11) is 1.58. The van der Waals surface area contributed by atoms with Crippen molar-refractivity contribution < 1.29 is 14.6 Å². The molecule has 1 atom stereocenters. The van der Waals surface area contributed by atoms with Gasteiger partial charge in [0.2, 0.25) is 0 Å². The minimum absolute atomic E-state index is 0.0256. The molecule has 0 aromatic rings. The van der Waals surface area contributed by atoms with Crippen LogP contribution in [0.5, 0.6) is 0 Å². The molecule has 1 unspecified atom stereocenters. The van der Waals surface area contributed by atoms with E-state index in [9.17, 15) is 4.79 Å². The Bertz CT molecular complexity index is 180. The van der Waals surface area contributed by atoms with Crippen molar-refractivity contribution in [2.75, 3.05) is 26.8 Å². The molecule has 0 saturated carbocycles. The molecule has 1 heterocycles. The number of rotatable bonds is 5. The number of nitrogens with two attached hydrogens (primary N) is 1. The summed E-state index contributed by atoms with van der Waals surface area (Å²) in [6, 6.07) is 0.176. The first-order valence-corrected chi connectivity index (χ1v) is 4.34. The standard InChI is InChI=1S/C8H16N2O3/c1-13-5-7(2-8(11)12)10-3-6(9)4-10/h6-7H,2-5,9H2,1H3,(H,11,12). The van der Waals surface area contributed by atoms with Crippen LogP contribution in [0, 0.1) is 0 Å². The minimum atomic E-state index is -0.789. The lowest BCUT2D eigenvalue weighted by Crippen LogP contribution is -2.60. The van der Waals surface area contributed by atoms with Crippen molar-refractivity contribution in [2.24, 2.45) is 5.73 Å². The molecule has 0 aliphatic carbocycles. The van der Waals surface area contributed by atoms with Gasteiger partial charge in [-0.25, -0.2) is 0 Å². The molecule has 1 rings (SSSR count). The van der Waals surface area contributed by atoms with E-state index >= 15 is 0 Å². The Kier molecular flexibility index (Phi) is 3.65. The molecule has 0 aromatic heterocycles. The monoisotopic (exact) mass is 188 g/mol. The van der Waals surface area contributed by atoms with Crippen LogP contribution in [0.15, 0.2) is 0 Å². The van der Waals surface area contributed by atoms with Crippen LogP contribution in [-0.2, 0) is 9.53 Å². The van der Waals surface area contributed by atoms with E-state index in [2.05, 4.69) is 0 Å². The van der Waals surface area contributed by atoms with Gasteiger partial charge in [-0.05, 0) is 0 Å². The van der Waals surface area contributed by atoms with E-state index in [1.165, 1.54) is 0 Å². The zero-order valence-corrected chi connectivity index (χ0v) is 7.77. The van der Waals surface area contributed by atoms with Gasteiger partial charge in [-0.15, -0.1) is 0 Å². The summed E-state index contributed by atoms with van der Waals surface area (Å²) >= 11 is 0. The van der Waals surface area contributed by atoms with Crippen LogP contribution in [0.1, 0.15) is 6.42 Å². The van der Waals surface area contributed by atoms with Gasteiger partial charge < -0.3 is 15.6 Å². The summed E-state index contributed by atoms with van der Waals surface area (Å²) < 4.78 is 4.95. The largest absolute Gasteiger partial charge is 0.481 e. The number of hydrogen-bond acceptors (Lipinski definition) is 4. The van der Waals surface area contributed by atoms with Crippen LogP contribution in [0.3, 0.4) is 0 Å². The van der Waals surface area contributed by atoms with Crippen LogP contribution in [-0.4, -0.2) is 54.9 Å². The first-order chi connectivity index (χ1) is 6.13. The minimum Gasteiger partial charge on any atom is -0.481 e. The summed E-state index contributed by atoms with van der Waals surface area (Å²) in [5, 5.41) is 8.63. The lowest BCUT2D eigenvalue weighted by molar-refractivity contribution is -0.139. The molecule has 0 amide bonds. The van der Waals surface area contributed by atoms with E-state index in [1.807, 2.05) is 4.90 Å². The Morgan fingerprint density at radius 3 is 2.77 bits per heavy atom. The quantitative estimate of drug-likeness (QED) is 0.586. The van der Waals surface area contributed by atoms with Gasteiger partial charge in [-0.2, -0.15) is 0 Å². The molecular formula is C8H16N2O3. The number of nitrogens with zero attached hydrogens (tertiary/aromatic N) is 1. The lowest BCUT2D eigenvalue weighted by atomic mass is 10.0. The Morgan fingerprint density at radius 1 is 1.77 bits per heavy atom. The van der Waals surface area contributed by atoms with E-state index in [-0.39, 0.29) is 18.5 Å². The average Bonchev–Trinajstić information content (AvgIpc) is 1.97. The smallest absolute Gasteiger partial charge is 0.305 e. The predicted molar refractivity (Wildman–Crippen MR) is 47.5 cm³/mol. The molecule has 1 fully saturated rings. The number of likely N-dealkylation sites (tertiary alicyclic amines) is 1. The van der Waals surface area contributed by atoms with Crippen molar-refractivity contribution >= 4 is 5.97 Å². The number of carbonyl (C=O) groups is 1. The molecule has 5 nitrogen and oxygen atoms in total. The maximum Gasteiger partial charge on any atom is 0.305 e. The van der Waals surface area contributed by atoms with Crippen molar-refractivity contribution in [1.82, 2.24) is 4.90 Å². The highest BCUT2D eigenvalue weighted by Crippen LogP contribution is 2.13. The Balaban J connectivity index is 2.33. The van der Waals surface area contributed by atoms with E-state index in [0.29, 0.717) is 6.61 Å². The molecule has 0 spiro atoms. The van der Waals surface area contributed by atoms with Crippen LogP contribution in [0.4, 0.5) is 0 Å². The maximum atomic E-state index is 10.5. The van der Waals surface area contributed by atoms with Crippen molar-refractivity contribution in [3.8, 4) is 0 Å². The zero-order chi connectivity index (χ0) is 9.84. The molecule has 5 heteroatoms. The molecule has 0 aromatic carbocycles. The van der Waals surface area contributed by atoms with E-state index in [0.717, 1.165) is 13.1 Å². The second-order valence-electron chi connectivity index (χ2n) is 3.42. The molecule has 1 saturated heterocycles. The van der Waals surface area contributed by atoms with Gasteiger partial charge in [0.05, 0.1) is 13.0 Å². The van der Waals surface area contributed by atoms with Gasteiger partial charge in [0, 0.05) is 32.3 Å². The molecule has 1 aliphatic rings. The van der Waals surface area contributed by atoms with Gasteiger partial charge in [0.1, 0.15) is 0 Å². The second kappa shape index (κ2) is 4.55. The zero-order valence-electron chi connectivity index (χ0n) is 7.77. The number of aliphatic carboxylic acids is 1. The third-order valence-electron chi connectivity index (χ3n) is 2.22. The number of carboxylic acid groups (broad SMARTS) is 1. The fraction of sp³-hybridized carbons (Fsp3) is 0.875. The Hall–Kier alpha value is -0.650. The topological polar surface area (TPSA) is 75.8 Å². The average molecular weight is 188 g/mol. The molecule has 76 valence electrons. The lowest BCUT2D eigenvalue weighted by Gasteiger charge is -2.41. The van der Waals surface area contributed by atoms with Crippen LogP contribution in [0.2, 0.25) is 0 Å². The third-order valence-corrected chi connectivity index (χ3v) is 2.22. The van der Waals surface area contributed by atoms with Gasteiger partial charge in [0.25, 0.3) is 0 Å². The summed E-state index contributed by atoms with van der Waals surface area (Å²) in [5.41, 5.74) is 5.60. The molecule has 0 bridgehead atoms. The highest BCUT2D eigenvalue weighted by Gasteiger charge is 2.30. The Morgan fingerprint density at radius 2 is 2.38 bits per heavy atom. The summed E-state index contributed by atoms with van der Waals surface area (Å²) in [5.74, 6) is -0.789. The third kappa shape index (κ3) is 2.95. The van der Waals surface area contributed by atoms with Crippen molar-refractivity contribution in [3.63, 3.8) is 0 Å². The number of hydrogen-bond donors (Lipinski definition) is 2. The summed E-state index contributed by atoms with van der Waals surface area (Å²) in [6.07, 6.45) is 0.126. The number of carboxylic acids is 1. The molecule has 13 heavy (non-hydrogen) atoms. The highest BCUT2D eigenvalue weighted by molar-refractivity contribution is 5.67. The predicted octanol–water partition coefficient (Wildman–Crippen LogP) is -0.881. The van der Waals surface area contributed by atoms with Crippen LogP contribution < -0.4 is 5.73 Å². The first kappa shape index (κ1) is 10.4. The van der Waals surface area contributed by atoms with Gasteiger partial charge in [-0.3, -0.25) is 9.69 Å². The molecule has 0 radical (unpaired) electrons. The van der Waals surface area contributed by atoms with Crippen molar-refractivity contribution in [3.05, 3.63) is 0 Å². The Labute approximate surface area is 77.5 Å². The van der Waals surface area contributed by atoms with Crippen LogP contribution >= 0.6 is 0 Å². The molecular weight excluding hydrogens is 172 g/mol. The van der Waals surface area contributed by atoms with E-state index in [4.69, 9.17) is 15.6 Å². The van der Waals surface area contributed by atoms with E-state index in [1.54, 1.807) is 7.11 Å². The first-order valence-electron chi connectivity index (χ1n) is 4.34. The van der Waals surface area contributed by atoms with Crippen molar-refractivity contribution in [1.29, 1.82) is 0 Å². The SMILES string of the molecule is COCC(CC(=O)O)N1CC(N)C1. The number of methoxy groups -OCH3 is 1. The van der Waals surface area contributed by atoms with Gasteiger partial charge in [0.15, 0.2) is 0 Å². The summed E-state index contributed by atoms with van der Waals surface area (Å²) in [6.45, 7) is 2.02. The van der Waals surface area contributed by atoms with Crippen molar-refractivity contribution in [2.45, 2.75) is 18.5 Å². The van der Waals surface area contributed by atoms with Gasteiger partial charge >= 0.3 is 5.97 Å². The second-order valence-corrected chi connectivity index (χ2v) is 3.42. The molecule has 1 aliphatic heterocycles. The highest BCUT2D eigenvalue weighted by atomic mass is 16.5. The fourth-order valence-electron chi connectivity index (χ4n) is 1.53. The van der Waals surface area contributed by atoms with E-state index < -0.39 is 5.97 Å². The number of ether oxygens (including phenoxy) is 1. The summed E-state index contributed by atoms with van der Waals surface area (Å²) in [4.78, 5) is 12.5. The normalized spacial score (nSPS) is 21.1. The van der Waals surface area contributed by atoms with Crippen LogP contribution in [0.25, 0.3) is 0 Å².